The normalized spacial score (nSPS) is 11.7. The van der Waals surface area contributed by atoms with Crippen LogP contribution in [0.5, 0.6) is 0 Å². The molecule has 0 aromatic carbocycles. The van der Waals surface area contributed by atoms with E-state index in [4.69, 9.17) is 9.84 Å². The molecule has 0 atom stereocenters. The first kappa shape index (κ1) is 13.8. The van der Waals surface area contributed by atoms with Gasteiger partial charge in [0.15, 0.2) is 5.82 Å². The van der Waals surface area contributed by atoms with Crippen LogP contribution in [0.4, 0.5) is 0 Å². The van der Waals surface area contributed by atoms with Crippen LogP contribution in [0, 0.1) is 0 Å². The van der Waals surface area contributed by atoms with E-state index in [2.05, 4.69) is 35.2 Å². The molecule has 17 heavy (non-hydrogen) atoms. The quantitative estimate of drug-likeness (QED) is 0.569. The van der Waals surface area contributed by atoms with Crippen molar-refractivity contribution in [3.05, 3.63) is 5.82 Å². The van der Waals surface area contributed by atoms with Crippen molar-refractivity contribution in [1.82, 2.24) is 20.2 Å². The number of rotatable bonds is 7. The van der Waals surface area contributed by atoms with Crippen molar-refractivity contribution in [2.45, 2.75) is 38.8 Å². The van der Waals surface area contributed by atoms with E-state index in [0.29, 0.717) is 12.4 Å². The SMILES string of the molecule is C[Si](C)(C)CCOCn1nnnc1CC(=O)O. The minimum atomic E-state index is -1.10. The lowest BCUT2D eigenvalue weighted by Crippen LogP contribution is -2.22. The van der Waals surface area contributed by atoms with Crippen LogP contribution in [-0.4, -0.2) is 46.0 Å². The minimum Gasteiger partial charge on any atom is -0.481 e. The second-order valence-corrected chi connectivity index (χ2v) is 10.6. The fraction of sp³-hybridized carbons (Fsp3) is 0.778. The summed E-state index contributed by atoms with van der Waals surface area (Å²) in [6.45, 7) is 7.66. The molecule has 0 aliphatic heterocycles. The van der Waals surface area contributed by atoms with Crippen LogP contribution in [0.25, 0.3) is 0 Å². The van der Waals surface area contributed by atoms with Crippen molar-refractivity contribution >= 4 is 14.0 Å². The lowest BCUT2D eigenvalue weighted by molar-refractivity contribution is -0.136. The molecule has 1 aromatic heterocycles. The third-order valence-corrected chi connectivity index (χ3v) is 3.83. The Hall–Kier alpha value is -1.28. The van der Waals surface area contributed by atoms with E-state index < -0.39 is 14.0 Å². The lowest BCUT2D eigenvalue weighted by Gasteiger charge is -2.15. The molecule has 0 bridgehead atoms. The van der Waals surface area contributed by atoms with E-state index in [0.717, 1.165) is 6.04 Å². The number of carboxylic acid groups (broad SMARTS) is 1. The Morgan fingerprint density at radius 3 is 2.76 bits per heavy atom. The number of tetrazole rings is 1. The molecule has 7 nitrogen and oxygen atoms in total. The second kappa shape index (κ2) is 5.87. The number of carboxylic acids is 1. The Bertz CT molecular complexity index is 375. The fourth-order valence-electron chi connectivity index (χ4n) is 1.11. The highest BCUT2D eigenvalue weighted by atomic mass is 28.3. The average molecular weight is 258 g/mol. The van der Waals surface area contributed by atoms with Gasteiger partial charge in [-0.05, 0) is 16.5 Å². The standard InChI is InChI=1S/C9H18N4O3Si/c1-17(2,3)5-4-16-7-13-8(6-9(14)15)10-11-12-13/h4-7H2,1-3H3,(H,14,15). The van der Waals surface area contributed by atoms with Gasteiger partial charge in [-0.1, -0.05) is 19.6 Å². The number of aliphatic carboxylic acids is 1. The summed E-state index contributed by atoms with van der Waals surface area (Å²) >= 11 is 0. The molecule has 1 rings (SSSR count). The first-order chi connectivity index (χ1) is 7.88. The first-order valence-corrected chi connectivity index (χ1v) is 9.14. The maximum atomic E-state index is 10.5. The summed E-state index contributed by atoms with van der Waals surface area (Å²) in [7, 11) is -1.10. The molecule has 0 fully saturated rings. The van der Waals surface area contributed by atoms with Gasteiger partial charge in [0.2, 0.25) is 0 Å². The summed E-state index contributed by atoms with van der Waals surface area (Å²) in [6, 6.07) is 1.06. The van der Waals surface area contributed by atoms with E-state index >= 15 is 0 Å². The highest BCUT2D eigenvalue weighted by molar-refractivity contribution is 6.76. The molecule has 0 saturated carbocycles. The third-order valence-electron chi connectivity index (χ3n) is 2.13. The van der Waals surface area contributed by atoms with Gasteiger partial charge in [-0.2, -0.15) is 0 Å². The number of hydrogen-bond donors (Lipinski definition) is 1. The van der Waals surface area contributed by atoms with Crippen LogP contribution in [0.2, 0.25) is 25.7 Å². The number of aromatic nitrogens is 4. The highest BCUT2D eigenvalue weighted by Crippen LogP contribution is 2.07. The van der Waals surface area contributed by atoms with Gasteiger partial charge in [-0.25, -0.2) is 4.68 Å². The number of carbonyl (C=O) groups is 1. The monoisotopic (exact) mass is 258 g/mol. The Balaban J connectivity index is 2.36. The summed E-state index contributed by atoms with van der Waals surface area (Å²) < 4.78 is 6.81. The van der Waals surface area contributed by atoms with Crippen molar-refractivity contribution in [3.8, 4) is 0 Å². The predicted octanol–water partition coefficient (Wildman–Crippen LogP) is 0.612. The average Bonchev–Trinajstić information content (AvgIpc) is 2.58. The summed E-state index contributed by atoms with van der Waals surface area (Å²) in [4.78, 5) is 10.5. The van der Waals surface area contributed by atoms with Gasteiger partial charge in [0.25, 0.3) is 0 Å². The van der Waals surface area contributed by atoms with Crippen LogP contribution in [0.1, 0.15) is 5.82 Å². The van der Waals surface area contributed by atoms with E-state index in [1.54, 1.807) is 0 Å². The van der Waals surface area contributed by atoms with Gasteiger partial charge < -0.3 is 9.84 Å². The molecule has 0 spiro atoms. The summed E-state index contributed by atoms with van der Waals surface area (Å²) in [5.41, 5.74) is 0. The van der Waals surface area contributed by atoms with Crippen molar-refractivity contribution in [1.29, 1.82) is 0 Å². The number of ether oxygens (including phenoxy) is 1. The highest BCUT2D eigenvalue weighted by Gasteiger charge is 2.13. The molecule has 0 radical (unpaired) electrons. The fourth-order valence-corrected chi connectivity index (χ4v) is 1.87. The van der Waals surface area contributed by atoms with Gasteiger partial charge in [-0.15, -0.1) is 5.10 Å². The maximum absolute atomic E-state index is 10.5. The second-order valence-electron chi connectivity index (χ2n) is 5.01. The van der Waals surface area contributed by atoms with Crippen LogP contribution < -0.4 is 0 Å². The van der Waals surface area contributed by atoms with Crippen LogP contribution in [0.15, 0.2) is 0 Å². The summed E-state index contributed by atoms with van der Waals surface area (Å²) in [5.74, 6) is -0.645. The molecule has 0 aliphatic rings. The Morgan fingerprint density at radius 2 is 2.18 bits per heavy atom. The zero-order valence-electron chi connectivity index (χ0n) is 10.4. The van der Waals surface area contributed by atoms with Crippen molar-refractivity contribution in [2.24, 2.45) is 0 Å². The van der Waals surface area contributed by atoms with Gasteiger partial charge in [0, 0.05) is 14.7 Å². The molecule has 0 saturated heterocycles. The third kappa shape index (κ3) is 5.55. The smallest absolute Gasteiger partial charge is 0.311 e. The molecule has 1 N–H and O–H groups in total. The zero-order chi connectivity index (χ0) is 12.9. The molecule has 8 heteroatoms. The lowest BCUT2D eigenvalue weighted by atomic mass is 10.4. The molecule has 0 aliphatic carbocycles. The van der Waals surface area contributed by atoms with Crippen molar-refractivity contribution in [3.63, 3.8) is 0 Å². The van der Waals surface area contributed by atoms with Crippen molar-refractivity contribution in [2.75, 3.05) is 6.61 Å². The Labute approximate surface area is 101 Å². The molecule has 1 aromatic rings. The maximum Gasteiger partial charge on any atom is 0.311 e. The predicted molar refractivity (Wildman–Crippen MR) is 63.3 cm³/mol. The summed E-state index contributed by atoms with van der Waals surface area (Å²) in [6.07, 6.45) is -0.190. The van der Waals surface area contributed by atoms with Gasteiger partial charge >= 0.3 is 5.97 Å². The Kier molecular flexibility index (Phi) is 4.76. The van der Waals surface area contributed by atoms with Gasteiger partial charge in [0.05, 0.1) is 0 Å². The van der Waals surface area contributed by atoms with E-state index in [1.807, 2.05) is 0 Å². The molecular weight excluding hydrogens is 240 g/mol. The van der Waals surface area contributed by atoms with E-state index in [-0.39, 0.29) is 13.2 Å². The van der Waals surface area contributed by atoms with Crippen LogP contribution in [-0.2, 0) is 22.7 Å². The number of nitrogens with zero attached hydrogens (tertiary/aromatic N) is 4. The topological polar surface area (TPSA) is 90.1 Å². The Morgan fingerprint density at radius 1 is 1.47 bits per heavy atom. The first-order valence-electron chi connectivity index (χ1n) is 5.43. The number of hydrogen-bond acceptors (Lipinski definition) is 5. The van der Waals surface area contributed by atoms with Crippen LogP contribution in [0.3, 0.4) is 0 Å². The molecular formula is C9H18N4O3Si. The molecule has 1 heterocycles. The van der Waals surface area contributed by atoms with Crippen LogP contribution >= 0.6 is 0 Å². The summed E-state index contributed by atoms with van der Waals surface area (Å²) in [5, 5.41) is 19.4. The van der Waals surface area contributed by atoms with Crippen molar-refractivity contribution < 1.29 is 14.6 Å². The largest absolute Gasteiger partial charge is 0.481 e. The van der Waals surface area contributed by atoms with E-state index in [9.17, 15) is 4.79 Å². The molecule has 96 valence electrons. The zero-order valence-corrected chi connectivity index (χ0v) is 11.4. The van der Waals surface area contributed by atoms with E-state index in [1.165, 1.54) is 4.68 Å². The minimum absolute atomic E-state index is 0.190. The molecule has 0 amide bonds. The van der Waals surface area contributed by atoms with Gasteiger partial charge in [-0.3, -0.25) is 4.79 Å². The molecule has 0 unspecified atom stereocenters. The van der Waals surface area contributed by atoms with Gasteiger partial charge in [0.1, 0.15) is 13.2 Å².